The summed E-state index contributed by atoms with van der Waals surface area (Å²) in [5.74, 6) is 0. The van der Waals surface area contributed by atoms with Crippen LogP contribution in [0.3, 0.4) is 0 Å². The quantitative estimate of drug-likeness (QED) is 0.661. The Morgan fingerprint density at radius 3 is 2.45 bits per heavy atom. The number of hydrogen-bond acceptors (Lipinski definition) is 1. The van der Waals surface area contributed by atoms with Gasteiger partial charge in [0.25, 0.3) is 0 Å². The van der Waals surface area contributed by atoms with E-state index in [9.17, 15) is 0 Å². The highest BCUT2D eigenvalue weighted by atomic mass is 79.9. The summed E-state index contributed by atoms with van der Waals surface area (Å²) in [4.78, 5) is 0.118. The Morgan fingerprint density at radius 1 is 1.15 bits per heavy atom. The average Bonchev–Trinajstić information content (AvgIpc) is 2.45. The monoisotopic (exact) mass is 352 g/mol. The molecule has 3 heteroatoms. The molecular weight excluding hydrogens is 336 g/mol. The number of ether oxygens (including phenoxy) is 1. The minimum Gasteiger partial charge on any atom is -0.384 e. The van der Waals surface area contributed by atoms with Crippen molar-refractivity contribution in [3.63, 3.8) is 0 Å². The molecule has 0 aliphatic carbocycles. The number of benzene rings is 2. The second-order valence-electron chi connectivity index (χ2n) is 4.87. The Labute approximate surface area is 134 Å². The van der Waals surface area contributed by atoms with Crippen LogP contribution in [-0.2, 0) is 11.2 Å². The smallest absolute Gasteiger partial charge is 0.0659 e. The molecule has 0 heterocycles. The van der Waals surface area contributed by atoms with E-state index in [0.717, 1.165) is 23.6 Å². The van der Waals surface area contributed by atoms with E-state index in [4.69, 9.17) is 16.3 Å². The molecule has 0 N–H and O–H groups in total. The third-order valence-electron chi connectivity index (χ3n) is 3.30. The lowest BCUT2D eigenvalue weighted by atomic mass is 10.0. The number of halogens is 2. The van der Waals surface area contributed by atoms with E-state index in [1.165, 1.54) is 16.7 Å². The lowest BCUT2D eigenvalue weighted by Crippen LogP contribution is -1.97. The van der Waals surface area contributed by atoms with Crippen LogP contribution in [0.25, 0.3) is 0 Å². The van der Waals surface area contributed by atoms with Crippen LogP contribution in [-0.4, -0.2) is 13.7 Å². The highest BCUT2D eigenvalue weighted by Gasteiger charge is 2.13. The molecule has 0 saturated carbocycles. The normalized spacial score (nSPS) is 12.4. The van der Waals surface area contributed by atoms with Gasteiger partial charge in [0, 0.05) is 12.1 Å². The Hall–Kier alpha value is -0.830. The molecule has 0 bridgehead atoms. The number of methoxy groups -OCH3 is 1. The summed E-state index contributed by atoms with van der Waals surface area (Å²) in [5, 5.41) is 0.801. The maximum absolute atomic E-state index is 6.33. The van der Waals surface area contributed by atoms with Gasteiger partial charge in [-0.05, 0) is 41.7 Å². The largest absolute Gasteiger partial charge is 0.384 e. The molecule has 2 aromatic carbocycles. The summed E-state index contributed by atoms with van der Waals surface area (Å²) in [6.07, 6.45) is 0.940. The molecule has 1 unspecified atom stereocenters. The van der Waals surface area contributed by atoms with Gasteiger partial charge in [0.15, 0.2) is 0 Å². The highest BCUT2D eigenvalue weighted by Crippen LogP contribution is 2.35. The SMILES string of the molecule is COCCc1ccc(C(Br)c2ccc(C)cc2Cl)cc1. The first-order valence-electron chi connectivity index (χ1n) is 6.59. The van der Waals surface area contributed by atoms with Crippen LogP contribution in [0.5, 0.6) is 0 Å². The van der Waals surface area contributed by atoms with Crippen molar-refractivity contribution in [2.24, 2.45) is 0 Å². The molecule has 0 spiro atoms. The van der Waals surface area contributed by atoms with Crippen LogP contribution in [0.2, 0.25) is 5.02 Å². The van der Waals surface area contributed by atoms with E-state index < -0.39 is 0 Å². The molecule has 1 nitrogen and oxygen atoms in total. The van der Waals surface area contributed by atoms with E-state index >= 15 is 0 Å². The molecule has 0 aliphatic heterocycles. The minimum atomic E-state index is 0.118. The van der Waals surface area contributed by atoms with Gasteiger partial charge >= 0.3 is 0 Å². The van der Waals surface area contributed by atoms with E-state index in [1.54, 1.807) is 7.11 Å². The molecule has 20 heavy (non-hydrogen) atoms. The van der Waals surface area contributed by atoms with Crippen molar-refractivity contribution in [2.45, 2.75) is 18.2 Å². The number of rotatable bonds is 5. The van der Waals surface area contributed by atoms with E-state index in [0.29, 0.717) is 0 Å². The van der Waals surface area contributed by atoms with Crippen LogP contribution < -0.4 is 0 Å². The lowest BCUT2D eigenvalue weighted by molar-refractivity contribution is 0.202. The van der Waals surface area contributed by atoms with E-state index in [-0.39, 0.29) is 4.83 Å². The van der Waals surface area contributed by atoms with Gasteiger partial charge < -0.3 is 4.74 Å². The van der Waals surface area contributed by atoms with Crippen molar-refractivity contribution in [3.8, 4) is 0 Å². The van der Waals surface area contributed by atoms with Crippen molar-refractivity contribution in [1.82, 2.24) is 0 Å². The third-order valence-corrected chi connectivity index (χ3v) is 4.65. The molecule has 0 aliphatic rings. The Bertz CT molecular complexity index is 566. The summed E-state index contributed by atoms with van der Waals surface area (Å²) in [6, 6.07) is 14.7. The average molecular weight is 354 g/mol. The summed E-state index contributed by atoms with van der Waals surface area (Å²) in [5.41, 5.74) is 4.76. The Kier molecular flexibility index (Phi) is 5.64. The summed E-state index contributed by atoms with van der Waals surface area (Å²) < 4.78 is 5.09. The molecule has 2 rings (SSSR count). The van der Waals surface area contributed by atoms with Gasteiger partial charge in [0.1, 0.15) is 0 Å². The van der Waals surface area contributed by atoms with Crippen molar-refractivity contribution in [3.05, 3.63) is 69.7 Å². The van der Waals surface area contributed by atoms with Crippen LogP contribution in [0.1, 0.15) is 27.1 Å². The van der Waals surface area contributed by atoms with E-state index in [1.807, 2.05) is 13.0 Å². The lowest BCUT2D eigenvalue weighted by Gasteiger charge is -2.13. The predicted molar refractivity (Wildman–Crippen MR) is 89.0 cm³/mol. The van der Waals surface area contributed by atoms with Crippen LogP contribution in [0.15, 0.2) is 42.5 Å². The Morgan fingerprint density at radius 2 is 1.85 bits per heavy atom. The summed E-state index contributed by atoms with van der Waals surface area (Å²) >= 11 is 10.1. The first-order chi connectivity index (χ1) is 9.61. The molecular formula is C17H18BrClO. The summed E-state index contributed by atoms with van der Waals surface area (Å²) in [7, 11) is 1.72. The molecule has 0 radical (unpaired) electrons. The minimum absolute atomic E-state index is 0.118. The zero-order valence-corrected chi connectivity index (χ0v) is 14.0. The molecule has 2 aromatic rings. The van der Waals surface area contributed by atoms with Gasteiger partial charge in [0.05, 0.1) is 11.4 Å². The second-order valence-corrected chi connectivity index (χ2v) is 6.19. The fourth-order valence-corrected chi connectivity index (χ4v) is 3.27. The van der Waals surface area contributed by atoms with Crippen LogP contribution in [0, 0.1) is 6.92 Å². The van der Waals surface area contributed by atoms with Gasteiger partial charge in [-0.3, -0.25) is 0 Å². The number of hydrogen-bond donors (Lipinski definition) is 0. The molecule has 0 aromatic heterocycles. The first-order valence-corrected chi connectivity index (χ1v) is 7.89. The summed E-state index contributed by atoms with van der Waals surface area (Å²) in [6.45, 7) is 2.80. The zero-order chi connectivity index (χ0) is 14.5. The van der Waals surface area contributed by atoms with E-state index in [2.05, 4.69) is 52.3 Å². The Balaban J connectivity index is 2.18. The molecule has 0 amide bonds. The van der Waals surface area contributed by atoms with Gasteiger partial charge in [0.2, 0.25) is 0 Å². The van der Waals surface area contributed by atoms with Crippen molar-refractivity contribution in [1.29, 1.82) is 0 Å². The van der Waals surface area contributed by atoms with Crippen molar-refractivity contribution in [2.75, 3.05) is 13.7 Å². The van der Waals surface area contributed by atoms with Crippen LogP contribution in [0.4, 0.5) is 0 Å². The van der Waals surface area contributed by atoms with Crippen LogP contribution >= 0.6 is 27.5 Å². The van der Waals surface area contributed by atoms with Gasteiger partial charge in [-0.25, -0.2) is 0 Å². The molecule has 1 atom stereocenters. The molecule has 106 valence electrons. The predicted octanol–water partition coefficient (Wildman–Crippen LogP) is 5.32. The molecule has 0 fully saturated rings. The fourth-order valence-electron chi connectivity index (χ4n) is 2.09. The number of alkyl halides is 1. The van der Waals surface area contributed by atoms with Gasteiger partial charge in [-0.15, -0.1) is 0 Å². The first kappa shape index (κ1) is 15.6. The topological polar surface area (TPSA) is 9.23 Å². The second kappa shape index (κ2) is 7.26. The maximum atomic E-state index is 6.33. The van der Waals surface area contributed by atoms with Gasteiger partial charge in [-0.1, -0.05) is 63.9 Å². The maximum Gasteiger partial charge on any atom is 0.0659 e. The molecule has 0 saturated heterocycles. The van der Waals surface area contributed by atoms with Crippen molar-refractivity contribution < 1.29 is 4.74 Å². The standard InChI is InChI=1S/C17H18BrClO/c1-12-3-8-15(16(19)11-12)17(18)14-6-4-13(5-7-14)9-10-20-2/h3-8,11,17H,9-10H2,1-2H3. The fraction of sp³-hybridized carbons (Fsp3) is 0.294. The highest BCUT2D eigenvalue weighted by molar-refractivity contribution is 9.09. The third kappa shape index (κ3) is 3.85. The zero-order valence-electron chi connectivity index (χ0n) is 11.7. The number of aryl methyl sites for hydroxylation is 1. The van der Waals surface area contributed by atoms with Crippen molar-refractivity contribution >= 4 is 27.5 Å². The van der Waals surface area contributed by atoms with Gasteiger partial charge in [-0.2, -0.15) is 0 Å².